The Kier molecular flexibility index (Phi) is 35.8. The molecule has 0 aliphatic carbocycles. The molecule has 1 N–H and O–H groups in total. The van der Waals surface area contributed by atoms with Gasteiger partial charge in [0.1, 0.15) is 19.3 Å². The van der Waals surface area contributed by atoms with Gasteiger partial charge < -0.3 is 18.9 Å². The van der Waals surface area contributed by atoms with Gasteiger partial charge in [-0.2, -0.15) is 0 Å². The summed E-state index contributed by atoms with van der Waals surface area (Å²) in [5.74, 6) is -0.326. The second-order valence-electron chi connectivity index (χ2n) is 15.4. The predicted molar refractivity (Wildman–Crippen MR) is 220 cm³/mol. The number of esters is 1. The number of carbonyl (C=O) groups excluding carboxylic acids is 1. The monoisotopic (exact) mass is 757 g/mol. The minimum atomic E-state index is -4.27. The lowest BCUT2D eigenvalue weighted by Gasteiger charge is -2.24. The highest BCUT2D eigenvalue weighted by Gasteiger charge is 2.26. The molecular weight excluding hydrogens is 673 g/mol. The highest BCUT2D eigenvalue weighted by Crippen LogP contribution is 2.43. The maximum atomic E-state index is 12.7. The number of phosphoric ester groups is 1. The highest BCUT2D eigenvalue weighted by atomic mass is 31.2. The van der Waals surface area contributed by atoms with Gasteiger partial charge in [-0.05, 0) is 51.4 Å². The van der Waals surface area contributed by atoms with E-state index in [0.717, 1.165) is 57.8 Å². The molecule has 0 rings (SSSR count). The average molecular weight is 757 g/mol. The Labute approximate surface area is 321 Å². The number of likely N-dealkylation sites (N-methyl/N-ethyl adjacent to an activating group) is 1. The zero-order valence-electron chi connectivity index (χ0n) is 34.5. The molecule has 9 heteroatoms. The van der Waals surface area contributed by atoms with Crippen LogP contribution in [0.4, 0.5) is 0 Å². The van der Waals surface area contributed by atoms with Gasteiger partial charge in [-0.25, -0.2) is 4.57 Å². The lowest BCUT2D eigenvalue weighted by atomic mass is 10.1. The Balaban J connectivity index is 4.25. The minimum Gasteiger partial charge on any atom is -0.457 e. The molecule has 0 aliphatic rings. The van der Waals surface area contributed by atoms with E-state index in [1.165, 1.54) is 96.3 Å². The van der Waals surface area contributed by atoms with Crippen molar-refractivity contribution in [2.24, 2.45) is 0 Å². The van der Waals surface area contributed by atoms with Crippen molar-refractivity contribution in [1.82, 2.24) is 0 Å². The number of phosphoric acid groups is 1. The van der Waals surface area contributed by atoms with Crippen molar-refractivity contribution in [3.05, 3.63) is 36.5 Å². The van der Waals surface area contributed by atoms with Crippen LogP contribution in [0.1, 0.15) is 174 Å². The van der Waals surface area contributed by atoms with Crippen LogP contribution in [-0.2, 0) is 27.9 Å². The number of ether oxygens (including phenoxy) is 2. The molecule has 2 unspecified atom stereocenters. The quantitative estimate of drug-likeness (QED) is 0.0219. The van der Waals surface area contributed by atoms with E-state index in [1.807, 2.05) is 21.1 Å². The third-order valence-electron chi connectivity index (χ3n) is 8.95. The largest absolute Gasteiger partial charge is 0.472 e. The van der Waals surface area contributed by atoms with E-state index in [2.05, 4.69) is 50.3 Å². The summed E-state index contributed by atoms with van der Waals surface area (Å²) in [6.45, 7) is 5.58. The van der Waals surface area contributed by atoms with Gasteiger partial charge in [0.2, 0.25) is 0 Å². The molecule has 0 bridgehead atoms. The Morgan fingerprint density at radius 1 is 0.596 bits per heavy atom. The first-order chi connectivity index (χ1) is 25.1. The van der Waals surface area contributed by atoms with Crippen LogP contribution in [0.15, 0.2) is 36.5 Å². The van der Waals surface area contributed by atoms with E-state index < -0.39 is 13.9 Å². The van der Waals surface area contributed by atoms with Gasteiger partial charge in [-0.15, -0.1) is 0 Å². The zero-order valence-corrected chi connectivity index (χ0v) is 35.4. The molecule has 0 saturated heterocycles. The van der Waals surface area contributed by atoms with Gasteiger partial charge >= 0.3 is 13.8 Å². The molecule has 0 heterocycles. The number of rotatable bonds is 39. The van der Waals surface area contributed by atoms with Gasteiger partial charge in [0.05, 0.1) is 34.4 Å². The Morgan fingerprint density at radius 2 is 1.06 bits per heavy atom. The maximum Gasteiger partial charge on any atom is 0.472 e. The molecule has 0 spiro atoms. The minimum absolute atomic E-state index is 0.0863. The summed E-state index contributed by atoms with van der Waals surface area (Å²) in [7, 11) is 1.66. The first-order valence-electron chi connectivity index (χ1n) is 21.2. The summed E-state index contributed by atoms with van der Waals surface area (Å²) >= 11 is 0. The number of quaternary nitrogens is 1. The summed E-state index contributed by atoms with van der Waals surface area (Å²) < 4.78 is 34.9. The van der Waals surface area contributed by atoms with E-state index in [4.69, 9.17) is 18.5 Å². The van der Waals surface area contributed by atoms with Crippen LogP contribution >= 0.6 is 7.82 Å². The molecule has 0 radical (unpaired) electrons. The molecule has 52 heavy (non-hydrogen) atoms. The number of nitrogens with zero attached hydrogens (tertiary/aromatic N) is 1. The first-order valence-corrected chi connectivity index (χ1v) is 22.7. The zero-order chi connectivity index (χ0) is 38.4. The first kappa shape index (κ1) is 50.7. The van der Waals surface area contributed by atoms with Crippen molar-refractivity contribution >= 4 is 13.8 Å². The van der Waals surface area contributed by atoms with E-state index in [1.54, 1.807) is 0 Å². The fourth-order valence-corrected chi connectivity index (χ4v) is 6.36. The van der Waals surface area contributed by atoms with Crippen LogP contribution < -0.4 is 0 Å². The second kappa shape index (κ2) is 36.7. The fourth-order valence-electron chi connectivity index (χ4n) is 5.62. The van der Waals surface area contributed by atoms with Crippen LogP contribution in [0.25, 0.3) is 0 Å². The predicted octanol–water partition coefficient (Wildman–Crippen LogP) is 12.2. The average Bonchev–Trinajstić information content (AvgIpc) is 3.09. The number of allylic oxidation sites excluding steroid dienone is 6. The van der Waals surface area contributed by atoms with Crippen molar-refractivity contribution in [2.75, 3.05) is 54.1 Å². The summed E-state index contributed by atoms with van der Waals surface area (Å²) in [5, 5.41) is 0. The van der Waals surface area contributed by atoms with Crippen molar-refractivity contribution in [1.29, 1.82) is 0 Å². The van der Waals surface area contributed by atoms with E-state index in [9.17, 15) is 14.3 Å². The van der Waals surface area contributed by atoms with Crippen LogP contribution in [-0.4, -0.2) is 75.6 Å². The van der Waals surface area contributed by atoms with Gasteiger partial charge in [0.15, 0.2) is 0 Å². The smallest absolute Gasteiger partial charge is 0.457 e. The van der Waals surface area contributed by atoms with Crippen LogP contribution in [0.3, 0.4) is 0 Å². The molecule has 0 fully saturated rings. The van der Waals surface area contributed by atoms with Crippen LogP contribution in [0.5, 0.6) is 0 Å². The van der Waals surface area contributed by atoms with Gasteiger partial charge in [0, 0.05) is 13.0 Å². The Bertz CT molecular complexity index is 931. The molecule has 8 nitrogen and oxygen atoms in total. The Morgan fingerprint density at radius 3 is 1.62 bits per heavy atom. The van der Waals surface area contributed by atoms with Crippen LogP contribution in [0, 0.1) is 0 Å². The molecule has 0 aromatic carbocycles. The molecule has 0 saturated carbocycles. The summed E-state index contributed by atoms with van der Waals surface area (Å²) in [6.07, 6.45) is 41.7. The third kappa shape index (κ3) is 39.9. The highest BCUT2D eigenvalue weighted by molar-refractivity contribution is 7.47. The Hall–Kier alpha value is -1.28. The number of unbranched alkanes of at least 4 members (excludes halogenated alkanes) is 19. The van der Waals surface area contributed by atoms with Crippen molar-refractivity contribution in [3.63, 3.8) is 0 Å². The van der Waals surface area contributed by atoms with Gasteiger partial charge in [-0.3, -0.25) is 13.8 Å². The number of carbonyl (C=O) groups is 1. The third-order valence-corrected chi connectivity index (χ3v) is 9.94. The van der Waals surface area contributed by atoms with E-state index in [0.29, 0.717) is 24.1 Å². The standard InChI is InChI=1S/C43H82NO7P/c1-6-8-10-12-14-16-18-19-20-21-22-23-24-25-26-28-30-32-34-36-43(45)51-42(41-50-52(46,47)49-39-37-44(3,4)5)40-48-38-35-33-31-29-27-17-15-13-11-9-7-2/h14,16,19-20,22-23,42H,6-13,15,17-18,21,24-41H2,1-5H3/p+1/b16-14-,20-19-,23-22-. The lowest BCUT2D eigenvalue weighted by Crippen LogP contribution is -2.37. The molecule has 0 aromatic heterocycles. The SMILES string of the molecule is CCCCC/C=C\C/C=C\C/C=C\CCCCCCCCC(=O)OC(COCCCCCCCCCCCCC)COP(=O)(O)OCC[N+](C)(C)C. The van der Waals surface area contributed by atoms with E-state index >= 15 is 0 Å². The fraction of sp³-hybridized carbons (Fsp3) is 0.837. The van der Waals surface area contributed by atoms with Crippen molar-refractivity contribution < 1.29 is 37.3 Å². The van der Waals surface area contributed by atoms with Crippen LogP contribution in [0.2, 0.25) is 0 Å². The van der Waals surface area contributed by atoms with Gasteiger partial charge in [0.25, 0.3) is 0 Å². The molecule has 0 aromatic rings. The normalized spacial score (nSPS) is 14.2. The molecule has 306 valence electrons. The molecule has 0 aliphatic heterocycles. The summed E-state index contributed by atoms with van der Waals surface area (Å²) in [5.41, 5.74) is 0. The van der Waals surface area contributed by atoms with Gasteiger partial charge in [-0.1, -0.05) is 153 Å². The maximum absolute atomic E-state index is 12.7. The number of hydrogen-bond donors (Lipinski definition) is 1. The lowest BCUT2D eigenvalue weighted by molar-refractivity contribution is -0.870. The summed E-state index contributed by atoms with van der Waals surface area (Å²) in [4.78, 5) is 22.8. The van der Waals surface area contributed by atoms with Crippen molar-refractivity contribution in [2.45, 2.75) is 180 Å². The van der Waals surface area contributed by atoms with Crippen molar-refractivity contribution in [3.8, 4) is 0 Å². The molecule has 2 atom stereocenters. The topological polar surface area (TPSA) is 91.3 Å². The molecular formula is C43H83NO7P+. The number of hydrogen-bond acceptors (Lipinski definition) is 6. The van der Waals surface area contributed by atoms with E-state index in [-0.39, 0.29) is 25.8 Å². The second-order valence-corrected chi connectivity index (χ2v) is 16.8. The molecule has 0 amide bonds. The summed E-state index contributed by atoms with van der Waals surface area (Å²) in [6, 6.07) is 0.